The average molecular weight is 269 g/mol. The molecule has 0 saturated heterocycles. The van der Waals surface area contributed by atoms with Gasteiger partial charge in [-0.3, -0.25) is 9.69 Å². The van der Waals surface area contributed by atoms with Crippen LogP contribution in [0.25, 0.3) is 0 Å². The molecule has 0 aromatic rings. The molecule has 4 heteroatoms. The van der Waals surface area contributed by atoms with E-state index in [9.17, 15) is 4.79 Å². The van der Waals surface area contributed by atoms with Crippen molar-refractivity contribution in [3.05, 3.63) is 0 Å². The molecule has 1 aliphatic carbocycles. The highest BCUT2D eigenvalue weighted by atomic mass is 16.1. The number of hydrogen-bond acceptors (Lipinski definition) is 3. The first kappa shape index (κ1) is 16.4. The Kier molecular flexibility index (Phi) is 6.27. The van der Waals surface area contributed by atoms with Crippen LogP contribution in [0, 0.1) is 0 Å². The van der Waals surface area contributed by atoms with Crippen molar-refractivity contribution < 1.29 is 4.79 Å². The molecule has 0 aromatic carbocycles. The van der Waals surface area contributed by atoms with Gasteiger partial charge in [0.25, 0.3) is 0 Å². The summed E-state index contributed by atoms with van der Waals surface area (Å²) in [5.74, 6) is -0.176. The normalized spacial score (nSPS) is 28.0. The number of carbonyl (C=O) groups excluding carboxylic acids is 1. The lowest BCUT2D eigenvalue weighted by molar-refractivity contribution is -0.127. The molecular weight excluding hydrogens is 238 g/mol. The summed E-state index contributed by atoms with van der Waals surface area (Å²) >= 11 is 0. The SMILES string of the molecule is CCCNC1(C(N)=O)CCCC(N(CC)C(C)C)C1. The zero-order chi connectivity index (χ0) is 14.5. The van der Waals surface area contributed by atoms with Gasteiger partial charge in [-0.2, -0.15) is 0 Å². The molecule has 2 unspecified atom stereocenters. The Bertz CT molecular complexity index is 293. The standard InChI is InChI=1S/C15H31N3O/c1-5-10-17-15(14(16)19)9-7-8-13(11-15)18(6-2)12(3)4/h12-13,17H,5-11H2,1-4H3,(H2,16,19). The molecule has 0 aromatic heterocycles. The van der Waals surface area contributed by atoms with E-state index >= 15 is 0 Å². The van der Waals surface area contributed by atoms with Crippen molar-refractivity contribution in [2.75, 3.05) is 13.1 Å². The molecule has 0 aliphatic heterocycles. The topological polar surface area (TPSA) is 58.4 Å². The van der Waals surface area contributed by atoms with Gasteiger partial charge in [0.1, 0.15) is 0 Å². The number of hydrogen-bond donors (Lipinski definition) is 2. The molecule has 1 amide bonds. The summed E-state index contributed by atoms with van der Waals surface area (Å²) in [6, 6.07) is 0.987. The molecule has 19 heavy (non-hydrogen) atoms. The van der Waals surface area contributed by atoms with E-state index in [1.165, 1.54) is 6.42 Å². The smallest absolute Gasteiger partial charge is 0.237 e. The molecule has 0 bridgehead atoms. The summed E-state index contributed by atoms with van der Waals surface area (Å²) in [6.07, 6.45) is 5.02. The zero-order valence-electron chi connectivity index (χ0n) is 13.0. The van der Waals surface area contributed by atoms with Gasteiger partial charge in [0.15, 0.2) is 0 Å². The van der Waals surface area contributed by atoms with Crippen LogP contribution in [0.1, 0.15) is 59.8 Å². The van der Waals surface area contributed by atoms with Crippen molar-refractivity contribution in [3.8, 4) is 0 Å². The van der Waals surface area contributed by atoms with E-state index in [1.807, 2.05) is 0 Å². The van der Waals surface area contributed by atoms with Crippen LogP contribution < -0.4 is 11.1 Å². The van der Waals surface area contributed by atoms with E-state index in [-0.39, 0.29) is 5.91 Å². The van der Waals surface area contributed by atoms with Crippen LogP contribution in [-0.4, -0.2) is 41.5 Å². The lowest BCUT2D eigenvalue weighted by atomic mass is 9.77. The van der Waals surface area contributed by atoms with Gasteiger partial charge in [0, 0.05) is 12.1 Å². The van der Waals surface area contributed by atoms with Gasteiger partial charge in [-0.1, -0.05) is 13.8 Å². The third-order valence-corrected chi connectivity index (χ3v) is 4.41. The second-order valence-electron chi connectivity index (χ2n) is 6.05. The quantitative estimate of drug-likeness (QED) is 0.742. The number of amides is 1. The second kappa shape index (κ2) is 7.25. The van der Waals surface area contributed by atoms with Gasteiger partial charge in [0.2, 0.25) is 5.91 Å². The Balaban J connectivity index is 2.81. The first-order valence-electron chi connectivity index (χ1n) is 7.77. The summed E-state index contributed by atoms with van der Waals surface area (Å²) in [5, 5.41) is 3.43. The lowest BCUT2D eigenvalue weighted by Gasteiger charge is -2.44. The third-order valence-electron chi connectivity index (χ3n) is 4.41. The van der Waals surface area contributed by atoms with E-state index in [0.29, 0.717) is 12.1 Å². The lowest BCUT2D eigenvalue weighted by Crippen LogP contribution is -2.61. The summed E-state index contributed by atoms with van der Waals surface area (Å²) < 4.78 is 0. The number of nitrogens with zero attached hydrogens (tertiary/aromatic N) is 1. The number of nitrogens with one attached hydrogen (secondary N) is 1. The molecule has 0 radical (unpaired) electrons. The number of primary amides is 1. The van der Waals surface area contributed by atoms with E-state index < -0.39 is 5.54 Å². The first-order chi connectivity index (χ1) is 8.96. The van der Waals surface area contributed by atoms with E-state index in [1.54, 1.807) is 0 Å². The molecule has 0 heterocycles. The van der Waals surface area contributed by atoms with Gasteiger partial charge in [0.05, 0.1) is 5.54 Å². The van der Waals surface area contributed by atoms with Crippen molar-refractivity contribution in [1.29, 1.82) is 0 Å². The van der Waals surface area contributed by atoms with Crippen molar-refractivity contribution in [2.45, 2.75) is 77.4 Å². The number of nitrogens with two attached hydrogens (primary N) is 1. The second-order valence-corrected chi connectivity index (χ2v) is 6.05. The molecular formula is C15H31N3O. The van der Waals surface area contributed by atoms with Crippen molar-refractivity contribution in [2.24, 2.45) is 5.73 Å². The Morgan fingerprint density at radius 1 is 1.47 bits per heavy atom. The molecule has 4 nitrogen and oxygen atoms in total. The predicted octanol–water partition coefficient (Wildman–Crippen LogP) is 1.88. The Labute approximate surface area is 118 Å². The average Bonchev–Trinajstić information content (AvgIpc) is 2.37. The maximum absolute atomic E-state index is 11.9. The van der Waals surface area contributed by atoms with Crippen LogP contribution in [0.5, 0.6) is 0 Å². The monoisotopic (exact) mass is 269 g/mol. The summed E-state index contributed by atoms with van der Waals surface area (Å²) in [5.41, 5.74) is 5.22. The highest BCUT2D eigenvalue weighted by Crippen LogP contribution is 2.32. The fourth-order valence-electron chi connectivity index (χ4n) is 3.41. The number of carbonyl (C=O) groups is 1. The Hall–Kier alpha value is -0.610. The van der Waals surface area contributed by atoms with Crippen LogP contribution >= 0.6 is 0 Å². The Morgan fingerprint density at radius 2 is 2.16 bits per heavy atom. The first-order valence-corrected chi connectivity index (χ1v) is 7.77. The van der Waals surface area contributed by atoms with E-state index in [0.717, 1.165) is 38.8 Å². The van der Waals surface area contributed by atoms with Gasteiger partial charge >= 0.3 is 0 Å². The fourth-order valence-corrected chi connectivity index (χ4v) is 3.41. The van der Waals surface area contributed by atoms with Crippen molar-refractivity contribution >= 4 is 5.91 Å². The van der Waals surface area contributed by atoms with Crippen LogP contribution in [0.4, 0.5) is 0 Å². The number of rotatable bonds is 7. The maximum Gasteiger partial charge on any atom is 0.237 e. The molecule has 1 rings (SSSR count). The van der Waals surface area contributed by atoms with Crippen molar-refractivity contribution in [3.63, 3.8) is 0 Å². The molecule has 0 spiro atoms. The minimum absolute atomic E-state index is 0.176. The minimum atomic E-state index is -0.485. The van der Waals surface area contributed by atoms with Gasteiger partial charge in [-0.05, 0) is 59.0 Å². The zero-order valence-corrected chi connectivity index (χ0v) is 13.0. The van der Waals surface area contributed by atoms with Crippen molar-refractivity contribution in [1.82, 2.24) is 10.2 Å². The summed E-state index contributed by atoms with van der Waals surface area (Å²) in [4.78, 5) is 14.4. The van der Waals surface area contributed by atoms with Gasteiger partial charge < -0.3 is 11.1 Å². The van der Waals surface area contributed by atoms with Crippen LogP contribution in [-0.2, 0) is 4.79 Å². The highest BCUT2D eigenvalue weighted by molar-refractivity contribution is 5.84. The summed E-state index contributed by atoms with van der Waals surface area (Å²) in [7, 11) is 0. The predicted molar refractivity (Wildman–Crippen MR) is 80.0 cm³/mol. The molecule has 1 saturated carbocycles. The largest absolute Gasteiger partial charge is 0.368 e. The molecule has 1 fully saturated rings. The molecule has 2 atom stereocenters. The third kappa shape index (κ3) is 3.93. The van der Waals surface area contributed by atoms with Gasteiger partial charge in [-0.25, -0.2) is 0 Å². The van der Waals surface area contributed by atoms with Crippen LogP contribution in [0.2, 0.25) is 0 Å². The molecule has 3 N–H and O–H groups in total. The van der Waals surface area contributed by atoms with Crippen LogP contribution in [0.15, 0.2) is 0 Å². The fraction of sp³-hybridized carbons (Fsp3) is 0.933. The van der Waals surface area contributed by atoms with Gasteiger partial charge in [-0.15, -0.1) is 0 Å². The maximum atomic E-state index is 11.9. The Morgan fingerprint density at radius 3 is 2.63 bits per heavy atom. The molecule has 1 aliphatic rings. The van der Waals surface area contributed by atoms with Crippen LogP contribution in [0.3, 0.4) is 0 Å². The van der Waals surface area contributed by atoms with E-state index in [4.69, 9.17) is 5.73 Å². The summed E-state index contributed by atoms with van der Waals surface area (Å²) in [6.45, 7) is 10.7. The molecule has 112 valence electrons. The highest BCUT2D eigenvalue weighted by Gasteiger charge is 2.42. The minimum Gasteiger partial charge on any atom is -0.368 e. The van der Waals surface area contributed by atoms with E-state index in [2.05, 4.69) is 37.9 Å².